The van der Waals surface area contributed by atoms with Crippen LogP contribution in [0.1, 0.15) is 31.8 Å². The van der Waals surface area contributed by atoms with Gasteiger partial charge in [0.05, 0.1) is 12.1 Å². The molecule has 0 atom stereocenters. The molecule has 6 nitrogen and oxygen atoms in total. The first-order chi connectivity index (χ1) is 15.6. The van der Waals surface area contributed by atoms with Crippen molar-refractivity contribution in [3.8, 4) is 0 Å². The SMILES string of the molecule is Cc1ccc(C(=O)NCC(=O)Nc2cccc(C(=O)Nc3cccc(C(F)(F)F)c3)c2)cc1. The Labute approximate surface area is 187 Å². The lowest BCUT2D eigenvalue weighted by Gasteiger charge is -2.11. The lowest BCUT2D eigenvalue weighted by Crippen LogP contribution is -2.32. The van der Waals surface area contributed by atoms with Crippen molar-refractivity contribution in [3.05, 3.63) is 95.1 Å². The lowest BCUT2D eigenvalue weighted by atomic mass is 10.1. The number of carbonyl (C=O) groups is 3. The number of amides is 3. The van der Waals surface area contributed by atoms with Crippen molar-refractivity contribution in [2.75, 3.05) is 17.2 Å². The smallest absolute Gasteiger partial charge is 0.343 e. The van der Waals surface area contributed by atoms with Crippen molar-refractivity contribution < 1.29 is 27.6 Å². The molecule has 3 aromatic rings. The van der Waals surface area contributed by atoms with Gasteiger partial charge in [-0.25, -0.2) is 0 Å². The number of halogens is 3. The van der Waals surface area contributed by atoms with Gasteiger partial charge in [-0.3, -0.25) is 14.4 Å². The quantitative estimate of drug-likeness (QED) is 0.506. The number of benzene rings is 3. The Balaban J connectivity index is 1.58. The van der Waals surface area contributed by atoms with Crippen LogP contribution < -0.4 is 16.0 Å². The summed E-state index contributed by atoms with van der Waals surface area (Å²) >= 11 is 0. The third-order valence-electron chi connectivity index (χ3n) is 4.58. The molecular formula is C24H20F3N3O3. The predicted octanol–water partition coefficient (Wildman–Crippen LogP) is 4.63. The second-order valence-corrected chi connectivity index (χ2v) is 7.21. The fourth-order valence-corrected chi connectivity index (χ4v) is 2.89. The lowest BCUT2D eigenvalue weighted by molar-refractivity contribution is -0.137. The van der Waals surface area contributed by atoms with Crippen molar-refractivity contribution in [2.45, 2.75) is 13.1 Å². The highest BCUT2D eigenvalue weighted by Crippen LogP contribution is 2.30. The normalized spacial score (nSPS) is 10.9. The Kier molecular flexibility index (Phi) is 7.12. The Morgan fingerprint density at radius 3 is 2.06 bits per heavy atom. The Bertz CT molecular complexity index is 1180. The van der Waals surface area contributed by atoms with E-state index in [4.69, 9.17) is 0 Å². The monoisotopic (exact) mass is 455 g/mol. The third-order valence-corrected chi connectivity index (χ3v) is 4.58. The van der Waals surface area contributed by atoms with E-state index in [9.17, 15) is 27.6 Å². The second-order valence-electron chi connectivity index (χ2n) is 7.21. The minimum Gasteiger partial charge on any atom is -0.343 e. The zero-order valence-corrected chi connectivity index (χ0v) is 17.5. The van der Waals surface area contributed by atoms with Gasteiger partial charge in [-0.1, -0.05) is 29.8 Å². The van der Waals surface area contributed by atoms with Crippen LogP contribution in [0.5, 0.6) is 0 Å². The van der Waals surface area contributed by atoms with Crippen LogP contribution in [0.4, 0.5) is 24.5 Å². The Morgan fingerprint density at radius 2 is 1.39 bits per heavy atom. The van der Waals surface area contributed by atoms with Gasteiger partial charge < -0.3 is 16.0 Å². The fraction of sp³-hybridized carbons (Fsp3) is 0.125. The average molecular weight is 455 g/mol. The molecule has 0 saturated carbocycles. The highest BCUT2D eigenvalue weighted by atomic mass is 19.4. The minimum absolute atomic E-state index is 0.0110. The molecule has 0 fully saturated rings. The molecule has 170 valence electrons. The Hall–Kier alpha value is -4.14. The van der Waals surface area contributed by atoms with Crippen LogP contribution in [0.15, 0.2) is 72.8 Å². The molecule has 0 spiro atoms. The average Bonchev–Trinajstić information content (AvgIpc) is 2.78. The number of nitrogens with one attached hydrogen (secondary N) is 3. The van der Waals surface area contributed by atoms with Crippen molar-refractivity contribution >= 4 is 29.1 Å². The minimum atomic E-state index is -4.53. The summed E-state index contributed by atoms with van der Waals surface area (Å²) in [6.07, 6.45) is -4.53. The molecule has 3 N–H and O–H groups in total. The van der Waals surface area contributed by atoms with Crippen LogP contribution in [0.3, 0.4) is 0 Å². The van der Waals surface area contributed by atoms with Crippen LogP contribution in [0.25, 0.3) is 0 Å². The highest BCUT2D eigenvalue weighted by molar-refractivity contribution is 6.05. The van der Waals surface area contributed by atoms with Gasteiger partial charge >= 0.3 is 6.18 Å². The van der Waals surface area contributed by atoms with Crippen molar-refractivity contribution in [1.29, 1.82) is 0 Å². The molecule has 9 heteroatoms. The number of aryl methyl sites for hydroxylation is 1. The van der Waals surface area contributed by atoms with Crippen molar-refractivity contribution in [3.63, 3.8) is 0 Å². The summed E-state index contributed by atoms with van der Waals surface area (Å²) in [6, 6.07) is 17.0. The van der Waals surface area contributed by atoms with Crippen LogP contribution >= 0.6 is 0 Å². The molecule has 0 radical (unpaired) electrons. The topological polar surface area (TPSA) is 87.3 Å². The van der Waals surface area contributed by atoms with E-state index < -0.39 is 29.5 Å². The molecule has 0 heterocycles. The number of hydrogen-bond donors (Lipinski definition) is 3. The van der Waals surface area contributed by atoms with Gasteiger partial charge in [0.15, 0.2) is 0 Å². The maximum atomic E-state index is 12.8. The molecule has 0 unspecified atom stereocenters. The molecule has 0 aliphatic heterocycles. The third kappa shape index (κ3) is 6.67. The summed E-state index contributed by atoms with van der Waals surface area (Å²) in [5, 5.41) is 7.47. The molecule has 0 saturated heterocycles. The number of hydrogen-bond acceptors (Lipinski definition) is 3. The van der Waals surface area contributed by atoms with E-state index in [1.165, 1.54) is 30.3 Å². The maximum Gasteiger partial charge on any atom is 0.416 e. The molecule has 3 aromatic carbocycles. The van der Waals surface area contributed by atoms with Crippen molar-refractivity contribution in [1.82, 2.24) is 5.32 Å². The van der Waals surface area contributed by atoms with Crippen molar-refractivity contribution in [2.24, 2.45) is 0 Å². The number of carbonyl (C=O) groups excluding carboxylic acids is 3. The molecule has 0 aliphatic carbocycles. The summed E-state index contributed by atoms with van der Waals surface area (Å²) in [5.74, 6) is -1.55. The number of anilines is 2. The first kappa shape index (κ1) is 23.5. The van der Waals surface area contributed by atoms with Gasteiger partial charge in [0.2, 0.25) is 5.91 Å². The molecular weight excluding hydrogens is 435 g/mol. The molecule has 0 aromatic heterocycles. The van der Waals surface area contributed by atoms with E-state index in [2.05, 4.69) is 16.0 Å². The van der Waals surface area contributed by atoms with Gasteiger partial charge in [-0.05, 0) is 55.5 Å². The van der Waals surface area contributed by atoms with E-state index >= 15 is 0 Å². The van der Waals surface area contributed by atoms with Crippen LogP contribution in [-0.2, 0) is 11.0 Å². The van der Waals surface area contributed by atoms with Gasteiger partial charge in [0.25, 0.3) is 11.8 Å². The largest absolute Gasteiger partial charge is 0.416 e. The van der Waals surface area contributed by atoms with E-state index in [1.807, 2.05) is 6.92 Å². The van der Waals surface area contributed by atoms with Crippen LogP contribution in [0, 0.1) is 6.92 Å². The van der Waals surface area contributed by atoms with E-state index in [1.54, 1.807) is 30.3 Å². The van der Waals surface area contributed by atoms with Crippen LogP contribution in [0.2, 0.25) is 0 Å². The van der Waals surface area contributed by atoms with Gasteiger partial charge in [0.1, 0.15) is 0 Å². The zero-order chi connectivity index (χ0) is 24.0. The summed E-state index contributed by atoms with van der Waals surface area (Å²) in [7, 11) is 0. The fourth-order valence-electron chi connectivity index (χ4n) is 2.89. The summed E-state index contributed by atoms with van der Waals surface area (Å²) in [4.78, 5) is 36.7. The second kappa shape index (κ2) is 9.99. The molecule has 3 amide bonds. The maximum absolute atomic E-state index is 12.8. The summed E-state index contributed by atoms with van der Waals surface area (Å²) in [5.41, 5.74) is 0.954. The van der Waals surface area contributed by atoms with E-state index in [0.29, 0.717) is 11.3 Å². The first-order valence-corrected chi connectivity index (χ1v) is 9.85. The van der Waals surface area contributed by atoms with Gasteiger partial charge in [0, 0.05) is 22.5 Å². The molecule has 0 bridgehead atoms. The van der Waals surface area contributed by atoms with Gasteiger partial charge in [-0.2, -0.15) is 13.2 Å². The predicted molar refractivity (Wildman–Crippen MR) is 118 cm³/mol. The number of alkyl halides is 3. The molecule has 3 rings (SSSR count). The van der Waals surface area contributed by atoms with E-state index in [-0.39, 0.29) is 17.8 Å². The first-order valence-electron chi connectivity index (χ1n) is 9.85. The van der Waals surface area contributed by atoms with E-state index in [0.717, 1.165) is 17.7 Å². The van der Waals surface area contributed by atoms with Gasteiger partial charge in [-0.15, -0.1) is 0 Å². The standard InChI is InChI=1S/C24H20F3N3O3/c1-15-8-10-16(11-9-15)22(32)28-14-21(31)29-19-6-2-4-17(12-19)23(33)30-20-7-3-5-18(13-20)24(25,26)27/h2-13H,14H2,1H3,(H,28,32)(H,29,31)(H,30,33). The molecule has 0 aliphatic rings. The summed E-state index contributed by atoms with van der Waals surface area (Å²) in [6.45, 7) is 1.61. The zero-order valence-electron chi connectivity index (χ0n) is 17.5. The molecule has 33 heavy (non-hydrogen) atoms. The van der Waals surface area contributed by atoms with Crippen LogP contribution in [-0.4, -0.2) is 24.3 Å². The Morgan fingerprint density at radius 1 is 0.758 bits per heavy atom. The number of rotatable bonds is 6. The highest BCUT2D eigenvalue weighted by Gasteiger charge is 2.30. The summed E-state index contributed by atoms with van der Waals surface area (Å²) < 4.78 is 38.5.